The van der Waals surface area contributed by atoms with Crippen molar-refractivity contribution in [3.63, 3.8) is 0 Å². The van der Waals surface area contributed by atoms with E-state index in [9.17, 15) is 4.79 Å². The summed E-state index contributed by atoms with van der Waals surface area (Å²) in [6.45, 7) is 10.4. The van der Waals surface area contributed by atoms with Gasteiger partial charge in [0.2, 0.25) is 0 Å². The van der Waals surface area contributed by atoms with E-state index in [1.54, 1.807) is 16.2 Å². The van der Waals surface area contributed by atoms with E-state index in [1.807, 2.05) is 57.3 Å². The minimum Gasteiger partial charge on any atom is -0.491 e. The summed E-state index contributed by atoms with van der Waals surface area (Å²) < 4.78 is 11.8. The summed E-state index contributed by atoms with van der Waals surface area (Å²) in [5, 5.41) is 3.72. The number of aromatic nitrogens is 1. The first kappa shape index (κ1) is 23.1. The number of carbonyl (C=O) groups is 1. The van der Waals surface area contributed by atoms with Crippen molar-refractivity contribution in [3.8, 4) is 16.2 Å². The molecule has 0 bridgehead atoms. The summed E-state index contributed by atoms with van der Waals surface area (Å²) in [7, 11) is 0. The third-order valence-corrected chi connectivity index (χ3v) is 6.34. The number of anilines is 3. The highest BCUT2D eigenvalue weighted by molar-refractivity contribution is 7.19. The molecule has 2 aromatic carbocycles. The highest BCUT2D eigenvalue weighted by Gasteiger charge is 2.23. The number of amides is 2. The Balaban J connectivity index is 1.71. The predicted octanol–water partition coefficient (Wildman–Crippen LogP) is 5.57. The fraction of sp³-hybridized carbons (Fsp3) is 0.360. The summed E-state index contributed by atoms with van der Waals surface area (Å²) >= 11 is 1.59. The normalized spacial score (nSPS) is 13.5. The zero-order valence-electron chi connectivity index (χ0n) is 19.5. The number of benzene rings is 2. The molecular weight excluding hydrogens is 436 g/mol. The van der Waals surface area contributed by atoms with Gasteiger partial charge >= 0.3 is 6.03 Å². The molecular formula is C25H30N4O3S. The zero-order valence-corrected chi connectivity index (χ0v) is 20.3. The summed E-state index contributed by atoms with van der Waals surface area (Å²) in [6.07, 6.45) is 1.90. The highest BCUT2D eigenvalue weighted by atomic mass is 32.1. The molecule has 1 fully saturated rings. The number of urea groups is 1. The van der Waals surface area contributed by atoms with Gasteiger partial charge in [0, 0.05) is 43.3 Å². The molecule has 2 heterocycles. The van der Waals surface area contributed by atoms with Crippen LogP contribution in [0.1, 0.15) is 26.3 Å². The van der Waals surface area contributed by atoms with Crippen LogP contribution in [0.25, 0.3) is 10.4 Å². The van der Waals surface area contributed by atoms with Crippen molar-refractivity contribution in [2.24, 2.45) is 0 Å². The largest absolute Gasteiger partial charge is 0.491 e. The lowest BCUT2D eigenvalue weighted by molar-refractivity contribution is 0.154. The lowest BCUT2D eigenvalue weighted by atomic mass is 10.1. The lowest BCUT2D eigenvalue weighted by Gasteiger charge is -2.23. The molecule has 4 rings (SSSR count). The van der Waals surface area contributed by atoms with Gasteiger partial charge in [-0.15, -0.1) is 0 Å². The molecule has 174 valence electrons. The summed E-state index contributed by atoms with van der Waals surface area (Å²) in [5.74, 6) is 0.734. The fourth-order valence-corrected chi connectivity index (χ4v) is 4.64. The summed E-state index contributed by atoms with van der Waals surface area (Å²) in [6, 6.07) is 14.1. The monoisotopic (exact) mass is 466 g/mol. The van der Waals surface area contributed by atoms with E-state index < -0.39 is 0 Å². The lowest BCUT2D eigenvalue weighted by Crippen LogP contribution is -2.27. The van der Waals surface area contributed by atoms with Crippen molar-refractivity contribution in [1.82, 2.24) is 10.3 Å². The first-order chi connectivity index (χ1) is 16.0. The minimum atomic E-state index is -0.0879. The van der Waals surface area contributed by atoms with Crippen molar-refractivity contribution >= 4 is 33.9 Å². The Bertz CT molecular complexity index is 1110. The number of hydrogen-bond acceptors (Lipinski definition) is 6. The summed E-state index contributed by atoms with van der Waals surface area (Å²) in [4.78, 5) is 21.8. The van der Waals surface area contributed by atoms with Gasteiger partial charge in [0.15, 0.2) is 5.13 Å². The predicted molar refractivity (Wildman–Crippen MR) is 134 cm³/mol. The third kappa shape index (κ3) is 5.29. The van der Waals surface area contributed by atoms with Crippen molar-refractivity contribution in [2.75, 3.05) is 36.2 Å². The molecule has 7 nitrogen and oxygen atoms in total. The van der Waals surface area contributed by atoms with Gasteiger partial charge in [0.25, 0.3) is 0 Å². The van der Waals surface area contributed by atoms with Gasteiger partial charge in [-0.3, -0.25) is 9.80 Å². The molecule has 1 N–H and O–H groups in total. The van der Waals surface area contributed by atoms with Crippen molar-refractivity contribution in [3.05, 3.63) is 54.2 Å². The van der Waals surface area contributed by atoms with Crippen LogP contribution in [0.4, 0.5) is 21.3 Å². The number of ether oxygens (including phenoxy) is 2. The number of nitrogens with zero attached hydrogens (tertiary/aromatic N) is 3. The van der Waals surface area contributed by atoms with Gasteiger partial charge in [-0.05, 0) is 57.0 Å². The number of nitrogens with one attached hydrogen (secondary N) is 1. The Kier molecular flexibility index (Phi) is 7.15. The topological polar surface area (TPSA) is 66.9 Å². The number of para-hydroxylation sites is 1. The van der Waals surface area contributed by atoms with E-state index in [1.165, 1.54) is 0 Å². The Morgan fingerprint density at radius 3 is 2.76 bits per heavy atom. The maximum Gasteiger partial charge on any atom is 0.321 e. The molecule has 0 atom stereocenters. The zero-order chi connectivity index (χ0) is 23.4. The number of rotatable bonds is 9. The maximum atomic E-state index is 12.3. The maximum absolute atomic E-state index is 12.3. The molecule has 0 saturated carbocycles. The molecule has 2 amide bonds. The van der Waals surface area contributed by atoms with Crippen LogP contribution in [0.2, 0.25) is 0 Å². The first-order valence-corrected chi connectivity index (χ1v) is 12.0. The van der Waals surface area contributed by atoms with Crippen molar-refractivity contribution in [2.45, 2.75) is 33.8 Å². The molecule has 1 saturated heterocycles. The number of hydrogen-bond donors (Lipinski definition) is 1. The van der Waals surface area contributed by atoms with Gasteiger partial charge in [0.05, 0.1) is 11.0 Å². The third-order valence-electron chi connectivity index (χ3n) is 5.27. The van der Waals surface area contributed by atoms with Gasteiger partial charge in [-0.1, -0.05) is 29.5 Å². The molecule has 1 aliphatic rings. The van der Waals surface area contributed by atoms with E-state index in [2.05, 4.69) is 29.3 Å². The minimum absolute atomic E-state index is 0.0280. The van der Waals surface area contributed by atoms with Gasteiger partial charge in [-0.25, -0.2) is 9.78 Å². The SMILES string of the molecule is CCOCN(c1ncc(-c2cc(OC(C)C)cc(N3CCNC3=O)c2)s1)c1ccccc1C. The van der Waals surface area contributed by atoms with E-state index in [0.717, 1.165) is 38.3 Å². The van der Waals surface area contributed by atoms with E-state index >= 15 is 0 Å². The quantitative estimate of drug-likeness (QED) is 0.418. The molecule has 8 heteroatoms. The van der Waals surface area contributed by atoms with Gasteiger partial charge in [0.1, 0.15) is 12.5 Å². The molecule has 0 radical (unpaired) electrons. The van der Waals surface area contributed by atoms with Gasteiger partial charge < -0.3 is 14.8 Å². The number of thiazole rings is 1. The highest BCUT2D eigenvalue weighted by Crippen LogP contribution is 2.39. The smallest absolute Gasteiger partial charge is 0.321 e. The van der Waals surface area contributed by atoms with Crippen LogP contribution in [0.15, 0.2) is 48.7 Å². The number of carbonyl (C=O) groups excluding carboxylic acids is 1. The second-order valence-corrected chi connectivity index (χ2v) is 9.12. The number of aryl methyl sites for hydroxylation is 1. The fourth-order valence-electron chi connectivity index (χ4n) is 3.74. The van der Waals surface area contributed by atoms with Crippen molar-refractivity contribution in [1.29, 1.82) is 0 Å². The average Bonchev–Trinajstić information content (AvgIpc) is 3.44. The van der Waals surface area contributed by atoms with Crippen LogP contribution in [-0.2, 0) is 4.74 Å². The van der Waals surface area contributed by atoms with Crippen LogP contribution in [0.3, 0.4) is 0 Å². The first-order valence-electron chi connectivity index (χ1n) is 11.2. The van der Waals surface area contributed by atoms with Gasteiger partial charge in [-0.2, -0.15) is 0 Å². The Hall–Kier alpha value is -3.10. The molecule has 33 heavy (non-hydrogen) atoms. The van der Waals surface area contributed by atoms with Crippen LogP contribution in [-0.4, -0.2) is 43.5 Å². The van der Waals surface area contributed by atoms with Crippen LogP contribution in [0.5, 0.6) is 5.75 Å². The average molecular weight is 467 g/mol. The molecule has 1 aromatic heterocycles. The van der Waals surface area contributed by atoms with E-state index in [0.29, 0.717) is 26.4 Å². The van der Waals surface area contributed by atoms with Crippen LogP contribution < -0.4 is 19.9 Å². The Morgan fingerprint density at radius 1 is 1.24 bits per heavy atom. The van der Waals surface area contributed by atoms with Crippen LogP contribution >= 0.6 is 11.3 Å². The standard InChI is InChI=1S/C25H30N4O3S/c1-5-31-16-29(22-9-7-6-8-18(22)4)25-27-15-23(33-25)19-12-20(28-11-10-26-24(28)30)14-21(13-19)32-17(2)3/h6-9,12-15,17H,5,10-11,16H2,1-4H3,(H,26,30). The molecule has 1 aliphatic heterocycles. The summed E-state index contributed by atoms with van der Waals surface area (Å²) in [5.41, 5.74) is 4.01. The molecule has 0 aliphatic carbocycles. The van der Waals surface area contributed by atoms with Crippen molar-refractivity contribution < 1.29 is 14.3 Å². The molecule has 3 aromatic rings. The van der Waals surface area contributed by atoms with E-state index in [4.69, 9.17) is 14.5 Å². The second-order valence-electron chi connectivity index (χ2n) is 8.11. The van der Waals surface area contributed by atoms with E-state index in [-0.39, 0.29) is 12.1 Å². The molecule has 0 spiro atoms. The Labute approximate surface area is 199 Å². The Morgan fingerprint density at radius 2 is 2.06 bits per heavy atom. The second kappa shape index (κ2) is 10.2. The van der Waals surface area contributed by atoms with Crippen LogP contribution in [0, 0.1) is 6.92 Å². The molecule has 0 unspecified atom stereocenters.